The van der Waals surface area contributed by atoms with Crippen LogP contribution in [-0.2, 0) is 16.9 Å². The molecule has 0 bridgehead atoms. The second-order valence-electron chi connectivity index (χ2n) is 4.17. The molecule has 0 aliphatic heterocycles. The largest absolute Gasteiger partial charge is 0.609 e. The summed E-state index contributed by atoms with van der Waals surface area (Å²) >= 11 is 10.5. The number of H-pyrrole nitrogens is 1. The second kappa shape index (κ2) is 5.61. The number of fused-ring (bicyclic) bond motifs is 1. The summed E-state index contributed by atoms with van der Waals surface area (Å²) in [6.45, 7) is 0. The molecule has 4 nitrogen and oxygen atoms in total. The van der Waals surface area contributed by atoms with Crippen molar-refractivity contribution in [2.75, 3.05) is 0 Å². The van der Waals surface area contributed by atoms with E-state index < -0.39 is 11.2 Å². The molecule has 3 rings (SSSR count). The molecule has 0 saturated carbocycles. The van der Waals surface area contributed by atoms with Crippen LogP contribution in [-0.4, -0.2) is 19.5 Å². The van der Waals surface area contributed by atoms with Crippen LogP contribution >= 0.6 is 23.2 Å². The van der Waals surface area contributed by atoms with Gasteiger partial charge in [0.25, 0.3) is 0 Å². The molecule has 0 saturated heterocycles. The van der Waals surface area contributed by atoms with Crippen molar-refractivity contribution >= 4 is 45.4 Å². The van der Waals surface area contributed by atoms with Gasteiger partial charge in [0.1, 0.15) is 11.3 Å². The third-order valence-corrected chi connectivity index (χ3v) is 4.72. The minimum atomic E-state index is -1.28. The van der Waals surface area contributed by atoms with Gasteiger partial charge < -0.3 is 4.55 Å². The first-order valence-electron chi connectivity index (χ1n) is 5.75. The highest BCUT2D eigenvalue weighted by Crippen LogP contribution is 2.25. The van der Waals surface area contributed by atoms with Gasteiger partial charge in [-0.05, 0) is 18.2 Å². The van der Waals surface area contributed by atoms with Crippen LogP contribution in [0.15, 0.2) is 41.8 Å². The summed E-state index contributed by atoms with van der Waals surface area (Å²) in [5, 5.41) is 1.37. The van der Waals surface area contributed by atoms with Crippen molar-refractivity contribution < 1.29 is 4.55 Å². The number of aromatic amines is 1. The first-order valence-corrected chi connectivity index (χ1v) is 7.83. The predicted octanol–water partition coefficient (Wildman–Crippen LogP) is 3.57. The molecule has 1 unspecified atom stereocenters. The summed E-state index contributed by atoms with van der Waals surface area (Å²) in [5.74, 6) is 0.324. The standard InChI is InChI=1S/C13H9Cl2N3OS/c14-9-2-1-8(5-10(9)15)7-20(19)13-17-11-3-4-16-6-12(11)18-13/h1-6H,7H2,(H,17,18). The maximum atomic E-state index is 12.3. The fraction of sp³-hybridized carbons (Fsp3) is 0.0769. The SMILES string of the molecule is [O-][S+](Cc1ccc(Cl)c(Cl)c1)c1nc2cnccc2[nH]1. The molecule has 1 N–H and O–H groups in total. The van der Waals surface area contributed by atoms with E-state index in [0.717, 1.165) is 11.1 Å². The number of pyridine rings is 1. The van der Waals surface area contributed by atoms with Crippen LogP contribution in [0, 0.1) is 0 Å². The zero-order chi connectivity index (χ0) is 14.1. The fourth-order valence-corrected chi connectivity index (χ4v) is 3.15. The fourth-order valence-electron chi connectivity index (χ4n) is 1.79. The Bertz CT molecular complexity index is 729. The molecule has 1 aromatic carbocycles. The number of aromatic nitrogens is 3. The predicted molar refractivity (Wildman–Crippen MR) is 80.5 cm³/mol. The van der Waals surface area contributed by atoms with Crippen LogP contribution in [0.1, 0.15) is 5.56 Å². The molecular formula is C13H9Cl2N3OS. The third kappa shape index (κ3) is 2.76. The zero-order valence-corrected chi connectivity index (χ0v) is 12.5. The normalized spacial score (nSPS) is 12.8. The van der Waals surface area contributed by atoms with Gasteiger partial charge in [-0.1, -0.05) is 29.3 Å². The number of hydrogen-bond donors (Lipinski definition) is 1. The maximum absolute atomic E-state index is 12.3. The molecule has 2 aromatic heterocycles. The van der Waals surface area contributed by atoms with Crippen molar-refractivity contribution in [2.45, 2.75) is 10.9 Å². The lowest BCUT2D eigenvalue weighted by Gasteiger charge is -2.07. The molecule has 0 amide bonds. The van der Waals surface area contributed by atoms with E-state index in [1.165, 1.54) is 0 Å². The number of imidazole rings is 1. The Kier molecular flexibility index (Phi) is 3.85. The summed E-state index contributed by atoms with van der Waals surface area (Å²) < 4.78 is 12.3. The summed E-state index contributed by atoms with van der Waals surface area (Å²) in [5.41, 5.74) is 2.36. The van der Waals surface area contributed by atoms with E-state index in [1.54, 1.807) is 36.7 Å². The maximum Gasteiger partial charge on any atom is 0.322 e. The van der Waals surface area contributed by atoms with E-state index >= 15 is 0 Å². The van der Waals surface area contributed by atoms with Crippen LogP contribution in [0.5, 0.6) is 0 Å². The van der Waals surface area contributed by atoms with Crippen molar-refractivity contribution in [3.8, 4) is 0 Å². The molecule has 0 fully saturated rings. The number of hydrogen-bond acceptors (Lipinski definition) is 3. The quantitative estimate of drug-likeness (QED) is 0.748. The second-order valence-corrected chi connectivity index (χ2v) is 6.35. The molecule has 0 aliphatic rings. The molecule has 20 heavy (non-hydrogen) atoms. The third-order valence-electron chi connectivity index (χ3n) is 2.76. The van der Waals surface area contributed by atoms with Gasteiger partial charge in [-0.25, -0.2) is 0 Å². The summed E-state index contributed by atoms with van der Waals surface area (Å²) in [4.78, 5) is 11.3. The zero-order valence-electron chi connectivity index (χ0n) is 10.1. The van der Waals surface area contributed by atoms with Gasteiger partial charge in [-0.15, -0.1) is 0 Å². The van der Waals surface area contributed by atoms with Crippen molar-refractivity contribution in [3.05, 3.63) is 52.3 Å². The van der Waals surface area contributed by atoms with Gasteiger partial charge in [-0.3, -0.25) is 9.97 Å². The first kappa shape index (κ1) is 13.7. The smallest absolute Gasteiger partial charge is 0.322 e. The lowest BCUT2D eigenvalue weighted by atomic mass is 10.2. The van der Waals surface area contributed by atoms with E-state index in [2.05, 4.69) is 15.0 Å². The molecule has 0 radical (unpaired) electrons. The lowest BCUT2D eigenvalue weighted by molar-refractivity contribution is 0.587. The van der Waals surface area contributed by atoms with E-state index in [9.17, 15) is 4.55 Å². The van der Waals surface area contributed by atoms with E-state index in [4.69, 9.17) is 23.2 Å². The number of nitrogens with zero attached hydrogens (tertiary/aromatic N) is 2. The highest BCUT2D eigenvalue weighted by Gasteiger charge is 2.17. The average Bonchev–Trinajstić information content (AvgIpc) is 2.87. The van der Waals surface area contributed by atoms with Crippen LogP contribution in [0.3, 0.4) is 0 Å². The number of rotatable bonds is 3. The molecule has 2 heterocycles. The highest BCUT2D eigenvalue weighted by molar-refractivity contribution is 7.90. The molecule has 3 aromatic rings. The number of benzene rings is 1. The van der Waals surface area contributed by atoms with Crippen molar-refractivity contribution in [2.24, 2.45) is 0 Å². The Morgan fingerprint density at radius 1 is 1.20 bits per heavy atom. The van der Waals surface area contributed by atoms with Crippen LogP contribution in [0.25, 0.3) is 11.0 Å². The lowest BCUT2D eigenvalue weighted by Crippen LogP contribution is -2.07. The Labute approximate surface area is 128 Å². The van der Waals surface area contributed by atoms with Gasteiger partial charge in [0.15, 0.2) is 0 Å². The minimum Gasteiger partial charge on any atom is -0.609 e. The Balaban J connectivity index is 1.84. The van der Waals surface area contributed by atoms with Crippen molar-refractivity contribution in [3.63, 3.8) is 0 Å². The molecule has 7 heteroatoms. The van der Waals surface area contributed by atoms with Gasteiger partial charge >= 0.3 is 5.16 Å². The summed E-state index contributed by atoms with van der Waals surface area (Å²) in [6.07, 6.45) is 3.29. The topological polar surface area (TPSA) is 64.6 Å². The molecular weight excluding hydrogens is 317 g/mol. The van der Waals surface area contributed by atoms with Crippen LogP contribution < -0.4 is 0 Å². The molecule has 102 valence electrons. The van der Waals surface area contributed by atoms with Gasteiger partial charge in [0, 0.05) is 22.9 Å². The van der Waals surface area contributed by atoms with Gasteiger partial charge in [0.05, 0.1) is 21.8 Å². The first-order chi connectivity index (χ1) is 9.63. The average molecular weight is 326 g/mol. The van der Waals surface area contributed by atoms with Crippen molar-refractivity contribution in [1.29, 1.82) is 0 Å². The summed E-state index contributed by atoms with van der Waals surface area (Å²) in [6, 6.07) is 7.00. The van der Waals surface area contributed by atoms with E-state index in [0.29, 0.717) is 26.5 Å². The van der Waals surface area contributed by atoms with E-state index in [-0.39, 0.29) is 0 Å². The van der Waals surface area contributed by atoms with Crippen LogP contribution in [0.4, 0.5) is 0 Å². The number of halogens is 2. The monoisotopic (exact) mass is 325 g/mol. The Morgan fingerprint density at radius 2 is 2.05 bits per heavy atom. The molecule has 1 atom stereocenters. The molecule has 0 aliphatic carbocycles. The van der Waals surface area contributed by atoms with Gasteiger partial charge in [0.2, 0.25) is 0 Å². The Hall–Kier alpha value is -1.27. The summed E-state index contributed by atoms with van der Waals surface area (Å²) in [7, 11) is 0. The number of nitrogens with one attached hydrogen (secondary N) is 1. The van der Waals surface area contributed by atoms with Gasteiger partial charge in [-0.2, -0.15) is 4.98 Å². The Morgan fingerprint density at radius 3 is 2.80 bits per heavy atom. The highest BCUT2D eigenvalue weighted by atomic mass is 35.5. The van der Waals surface area contributed by atoms with E-state index in [1.807, 2.05) is 0 Å². The van der Waals surface area contributed by atoms with Crippen molar-refractivity contribution in [1.82, 2.24) is 15.0 Å². The molecule has 0 spiro atoms. The van der Waals surface area contributed by atoms with Crippen LogP contribution in [0.2, 0.25) is 10.0 Å². The minimum absolute atomic E-state index is 0.324.